The van der Waals surface area contributed by atoms with Crippen LogP contribution >= 0.6 is 11.5 Å². The first-order valence-corrected chi connectivity index (χ1v) is 7.24. The molecule has 1 aliphatic heterocycles. The molecule has 4 heteroatoms. The van der Waals surface area contributed by atoms with E-state index >= 15 is 0 Å². The predicted octanol–water partition coefficient (Wildman–Crippen LogP) is 3.44. The first-order valence-electron chi connectivity index (χ1n) is 6.47. The van der Waals surface area contributed by atoms with Crippen molar-refractivity contribution in [2.75, 3.05) is 18.0 Å². The quantitative estimate of drug-likeness (QED) is 0.827. The topological polar surface area (TPSA) is 29.0 Å². The van der Waals surface area contributed by atoms with Gasteiger partial charge in [-0.3, -0.25) is 0 Å². The Morgan fingerprint density at radius 1 is 1.17 bits per heavy atom. The van der Waals surface area contributed by atoms with Crippen LogP contribution in [0.4, 0.5) is 5.13 Å². The summed E-state index contributed by atoms with van der Waals surface area (Å²) >= 11 is 1.52. The molecule has 1 aromatic heterocycles. The van der Waals surface area contributed by atoms with E-state index < -0.39 is 0 Å². The molecule has 0 atom stereocenters. The SMILES string of the molecule is CC1CCN(c2nc(-c3ccccc3)ns2)CC1. The van der Waals surface area contributed by atoms with Gasteiger partial charge in [-0.05, 0) is 18.8 Å². The second kappa shape index (κ2) is 5.06. The van der Waals surface area contributed by atoms with Gasteiger partial charge < -0.3 is 4.90 Å². The molecule has 1 aliphatic rings. The van der Waals surface area contributed by atoms with Gasteiger partial charge in [0.05, 0.1) is 0 Å². The van der Waals surface area contributed by atoms with E-state index in [2.05, 4.69) is 33.3 Å². The van der Waals surface area contributed by atoms with Gasteiger partial charge in [0, 0.05) is 30.2 Å². The summed E-state index contributed by atoms with van der Waals surface area (Å²) in [7, 11) is 0. The molecule has 1 fully saturated rings. The highest BCUT2D eigenvalue weighted by molar-refractivity contribution is 7.09. The van der Waals surface area contributed by atoms with Crippen LogP contribution in [0.25, 0.3) is 11.4 Å². The Bertz CT molecular complexity index is 501. The number of hydrogen-bond donors (Lipinski definition) is 0. The summed E-state index contributed by atoms with van der Waals surface area (Å²) in [5.74, 6) is 1.71. The zero-order valence-corrected chi connectivity index (χ0v) is 11.4. The molecule has 3 rings (SSSR count). The molecule has 94 valence electrons. The highest BCUT2D eigenvalue weighted by atomic mass is 32.1. The van der Waals surface area contributed by atoms with Crippen molar-refractivity contribution in [3.8, 4) is 11.4 Å². The van der Waals surface area contributed by atoms with Gasteiger partial charge in [-0.15, -0.1) is 0 Å². The fourth-order valence-electron chi connectivity index (χ4n) is 2.25. The molecule has 0 radical (unpaired) electrons. The normalized spacial score (nSPS) is 17.1. The summed E-state index contributed by atoms with van der Waals surface area (Å²) in [5, 5.41) is 1.07. The summed E-state index contributed by atoms with van der Waals surface area (Å²) in [4.78, 5) is 7.03. The first-order chi connectivity index (χ1) is 8.83. The maximum atomic E-state index is 4.66. The maximum absolute atomic E-state index is 4.66. The van der Waals surface area contributed by atoms with E-state index in [0.717, 1.165) is 35.5 Å². The third kappa shape index (κ3) is 2.38. The molecule has 1 saturated heterocycles. The average molecular weight is 259 g/mol. The van der Waals surface area contributed by atoms with Gasteiger partial charge in [-0.2, -0.15) is 9.36 Å². The van der Waals surface area contributed by atoms with Gasteiger partial charge in [-0.1, -0.05) is 37.3 Å². The summed E-state index contributed by atoms with van der Waals surface area (Å²) < 4.78 is 4.47. The Balaban J connectivity index is 1.78. The minimum absolute atomic E-state index is 0.850. The average Bonchev–Trinajstić information content (AvgIpc) is 2.90. The van der Waals surface area contributed by atoms with Crippen LogP contribution in [0.5, 0.6) is 0 Å². The number of nitrogens with zero attached hydrogens (tertiary/aromatic N) is 3. The molecule has 0 saturated carbocycles. The number of piperidine rings is 1. The molecule has 0 bridgehead atoms. The zero-order valence-electron chi connectivity index (χ0n) is 10.5. The summed E-state index contributed by atoms with van der Waals surface area (Å²) in [6.45, 7) is 4.56. The molecule has 0 unspecified atom stereocenters. The minimum atomic E-state index is 0.850. The Kier molecular flexibility index (Phi) is 3.28. The molecule has 18 heavy (non-hydrogen) atoms. The van der Waals surface area contributed by atoms with Crippen LogP contribution in [0, 0.1) is 5.92 Å². The summed E-state index contributed by atoms with van der Waals surface area (Å²) in [5.41, 5.74) is 1.10. The molecule has 1 aromatic carbocycles. The van der Waals surface area contributed by atoms with Gasteiger partial charge in [0.2, 0.25) is 5.13 Å². The molecule has 0 aliphatic carbocycles. The Morgan fingerprint density at radius 3 is 2.61 bits per heavy atom. The highest BCUT2D eigenvalue weighted by Gasteiger charge is 2.19. The van der Waals surface area contributed by atoms with Crippen molar-refractivity contribution in [2.45, 2.75) is 19.8 Å². The Morgan fingerprint density at radius 2 is 1.89 bits per heavy atom. The number of anilines is 1. The molecule has 0 amide bonds. The summed E-state index contributed by atoms with van der Waals surface area (Å²) in [6, 6.07) is 10.2. The Labute approximate surface area is 112 Å². The van der Waals surface area contributed by atoms with Gasteiger partial charge in [0.1, 0.15) is 0 Å². The molecule has 2 aromatic rings. The fraction of sp³-hybridized carbons (Fsp3) is 0.429. The second-order valence-electron chi connectivity index (χ2n) is 4.94. The lowest BCUT2D eigenvalue weighted by Gasteiger charge is -2.29. The third-order valence-corrected chi connectivity index (χ3v) is 4.28. The van der Waals surface area contributed by atoms with Crippen molar-refractivity contribution in [3.05, 3.63) is 30.3 Å². The number of hydrogen-bond acceptors (Lipinski definition) is 4. The number of benzene rings is 1. The number of rotatable bonds is 2. The van der Waals surface area contributed by atoms with Crippen molar-refractivity contribution in [3.63, 3.8) is 0 Å². The first kappa shape index (κ1) is 11.7. The predicted molar refractivity (Wildman–Crippen MR) is 76.0 cm³/mol. The lowest BCUT2D eigenvalue weighted by atomic mass is 10.00. The molecule has 0 N–H and O–H groups in total. The highest BCUT2D eigenvalue weighted by Crippen LogP contribution is 2.27. The van der Waals surface area contributed by atoms with E-state index in [0.29, 0.717) is 0 Å². The Hall–Kier alpha value is -1.42. The van der Waals surface area contributed by atoms with Crippen molar-refractivity contribution >= 4 is 16.7 Å². The van der Waals surface area contributed by atoms with E-state index in [4.69, 9.17) is 0 Å². The lowest BCUT2D eigenvalue weighted by molar-refractivity contribution is 0.438. The van der Waals surface area contributed by atoms with Crippen molar-refractivity contribution in [1.29, 1.82) is 0 Å². The van der Waals surface area contributed by atoms with Gasteiger partial charge >= 0.3 is 0 Å². The van der Waals surface area contributed by atoms with Crippen LogP contribution in [0.2, 0.25) is 0 Å². The monoisotopic (exact) mass is 259 g/mol. The lowest BCUT2D eigenvalue weighted by Crippen LogP contribution is -2.32. The van der Waals surface area contributed by atoms with Crippen LogP contribution in [-0.4, -0.2) is 22.4 Å². The molecule has 0 spiro atoms. The van der Waals surface area contributed by atoms with Crippen molar-refractivity contribution < 1.29 is 0 Å². The van der Waals surface area contributed by atoms with Gasteiger partial charge in [0.25, 0.3) is 0 Å². The van der Waals surface area contributed by atoms with E-state index in [1.54, 1.807) is 0 Å². The fourth-order valence-corrected chi connectivity index (χ4v) is 2.99. The minimum Gasteiger partial charge on any atom is -0.347 e. The van der Waals surface area contributed by atoms with E-state index in [-0.39, 0.29) is 0 Å². The summed E-state index contributed by atoms with van der Waals surface area (Å²) in [6.07, 6.45) is 2.53. The van der Waals surface area contributed by atoms with Crippen LogP contribution in [0.15, 0.2) is 30.3 Å². The van der Waals surface area contributed by atoms with E-state index in [9.17, 15) is 0 Å². The van der Waals surface area contributed by atoms with Crippen molar-refractivity contribution in [1.82, 2.24) is 9.36 Å². The van der Waals surface area contributed by atoms with Crippen LogP contribution < -0.4 is 4.90 Å². The smallest absolute Gasteiger partial charge is 0.205 e. The molecular weight excluding hydrogens is 242 g/mol. The molecular formula is C14H17N3S. The van der Waals surface area contributed by atoms with Crippen LogP contribution in [0.3, 0.4) is 0 Å². The standard InChI is InChI=1S/C14H17N3S/c1-11-7-9-17(10-8-11)14-15-13(16-18-14)12-5-3-2-4-6-12/h2-6,11H,7-10H2,1H3. The van der Waals surface area contributed by atoms with E-state index in [1.807, 2.05) is 18.2 Å². The largest absolute Gasteiger partial charge is 0.347 e. The number of aromatic nitrogens is 2. The maximum Gasteiger partial charge on any atom is 0.205 e. The van der Waals surface area contributed by atoms with Crippen molar-refractivity contribution in [2.24, 2.45) is 5.92 Å². The molecule has 3 nitrogen and oxygen atoms in total. The zero-order chi connectivity index (χ0) is 12.4. The third-order valence-electron chi connectivity index (χ3n) is 3.50. The van der Waals surface area contributed by atoms with Gasteiger partial charge in [-0.25, -0.2) is 0 Å². The van der Waals surface area contributed by atoms with E-state index in [1.165, 1.54) is 24.4 Å². The second-order valence-corrected chi connectivity index (χ2v) is 5.67. The molecule has 2 heterocycles. The van der Waals surface area contributed by atoms with Crippen LogP contribution in [0.1, 0.15) is 19.8 Å². The van der Waals surface area contributed by atoms with Gasteiger partial charge in [0.15, 0.2) is 5.82 Å². The van der Waals surface area contributed by atoms with Crippen LogP contribution in [-0.2, 0) is 0 Å².